The van der Waals surface area contributed by atoms with Gasteiger partial charge in [0.2, 0.25) is 0 Å². The summed E-state index contributed by atoms with van der Waals surface area (Å²) in [6, 6.07) is 9.27. The molecule has 0 spiro atoms. The van der Waals surface area contributed by atoms with Crippen LogP contribution in [0.25, 0.3) is 6.08 Å². The van der Waals surface area contributed by atoms with Gasteiger partial charge in [0, 0.05) is 0 Å². The third-order valence-corrected chi connectivity index (χ3v) is 5.07. The fourth-order valence-corrected chi connectivity index (χ4v) is 3.67. The Kier molecular flexibility index (Phi) is 4.56. The zero-order chi connectivity index (χ0) is 16.4. The van der Waals surface area contributed by atoms with Gasteiger partial charge in [0.05, 0.1) is 9.78 Å². The molecule has 1 fully saturated rings. The fourth-order valence-electron chi connectivity index (χ4n) is 1.88. The molecule has 0 radical (unpaired) electrons. The predicted octanol–water partition coefficient (Wildman–Crippen LogP) is 3.43. The van der Waals surface area contributed by atoms with Crippen LogP contribution in [-0.2, 0) is 4.79 Å². The van der Waals surface area contributed by atoms with Crippen LogP contribution < -0.4 is 5.43 Å². The highest BCUT2D eigenvalue weighted by Crippen LogP contribution is 2.31. The Morgan fingerprint density at radius 1 is 1.30 bits per heavy atom. The van der Waals surface area contributed by atoms with Crippen LogP contribution in [0.1, 0.15) is 15.2 Å². The van der Waals surface area contributed by atoms with Gasteiger partial charge in [-0.2, -0.15) is 5.01 Å². The molecule has 8 heteroatoms. The number of hydrazine groups is 1. The molecule has 0 atom stereocenters. The van der Waals surface area contributed by atoms with Crippen molar-refractivity contribution in [2.75, 3.05) is 0 Å². The van der Waals surface area contributed by atoms with Gasteiger partial charge in [0.1, 0.15) is 5.82 Å². The van der Waals surface area contributed by atoms with Gasteiger partial charge < -0.3 is 0 Å². The number of hydrogen-bond acceptors (Lipinski definition) is 5. The highest BCUT2D eigenvalue weighted by Gasteiger charge is 2.33. The van der Waals surface area contributed by atoms with Crippen molar-refractivity contribution in [3.05, 3.63) is 62.9 Å². The van der Waals surface area contributed by atoms with Crippen LogP contribution in [0.5, 0.6) is 0 Å². The maximum Gasteiger partial charge on any atom is 0.285 e. The van der Waals surface area contributed by atoms with Gasteiger partial charge in [-0.25, -0.2) is 4.39 Å². The lowest BCUT2D eigenvalue weighted by Gasteiger charge is -2.14. The van der Waals surface area contributed by atoms with E-state index in [0.717, 1.165) is 16.8 Å². The van der Waals surface area contributed by atoms with Crippen LogP contribution in [0, 0.1) is 5.82 Å². The average Bonchev–Trinajstić information content (AvgIpc) is 3.12. The molecule has 1 saturated heterocycles. The van der Waals surface area contributed by atoms with Gasteiger partial charge in [-0.05, 0) is 47.4 Å². The van der Waals surface area contributed by atoms with Gasteiger partial charge in [-0.3, -0.25) is 15.0 Å². The van der Waals surface area contributed by atoms with Crippen LogP contribution in [-0.4, -0.2) is 21.1 Å². The van der Waals surface area contributed by atoms with E-state index in [-0.39, 0.29) is 10.1 Å². The molecular weight excluding hydrogens is 355 g/mol. The van der Waals surface area contributed by atoms with E-state index in [9.17, 15) is 14.0 Å². The van der Waals surface area contributed by atoms with E-state index in [1.165, 1.54) is 23.5 Å². The maximum atomic E-state index is 13.2. The van der Waals surface area contributed by atoms with Crippen molar-refractivity contribution in [3.63, 3.8) is 0 Å². The van der Waals surface area contributed by atoms with Gasteiger partial charge in [-0.1, -0.05) is 30.0 Å². The Hall–Kier alpha value is -2.03. The van der Waals surface area contributed by atoms with E-state index in [2.05, 4.69) is 5.43 Å². The van der Waals surface area contributed by atoms with Crippen molar-refractivity contribution in [2.45, 2.75) is 0 Å². The predicted molar refractivity (Wildman–Crippen MR) is 93.2 cm³/mol. The molecule has 1 aliphatic rings. The molecule has 1 aromatic carbocycles. The zero-order valence-corrected chi connectivity index (χ0v) is 13.9. The molecule has 0 aliphatic carbocycles. The Morgan fingerprint density at radius 2 is 2.13 bits per heavy atom. The molecule has 2 amide bonds. The van der Waals surface area contributed by atoms with E-state index >= 15 is 0 Å². The number of carbonyl (C=O) groups excluding carboxylic acids is 2. The first kappa shape index (κ1) is 15.9. The van der Waals surface area contributed by atoms with Crippen molar-refractivity contribution in [1.29, 1.82) is 0 Å². The fraction of sp³-hybridized carbons (Fsp3) is 0. The molecule has 2 heterocycles. The lowest BCUT2D eigenvalue weighted by Crippen LogP contribution is -2.44. The number of thiocarbonyl (C=S) groups is 1. The van der Waals surface area contributed by atoms with Crippen LogP contribution >= 0.6 is 35.3 Å². The van der Waals surface area contributed by atoms with Crippen molar-refractivity contribution in [1.82, 2.24) is 10.4 Å². The number of halogens is 1. The first-order valence-electron chi connectivity index (χ1n) is 6.42. The lowest BCUT2D eigenvalue weighted by molar-refractivity contribution is -0.123. The highest BCUT2D eigenvalue weighted by molar-refractivity contribution is 8.26. The van der Waals surface area contributed by atoms with E-state index in [0.29, 0.717) is 15.3 Å². The van der Waals surface area contributed by atoms with Crippen LogP contribution in [0.3, 0.4) is 0 Å². The Morgan fingerprint density at radius 3 is 2.83 bits per heavy atom. The van der Waals surface area contributed by atoms with E-state index in [1.54, 1.807) is 35.7 Å². The SMILES string of the molecule is O=C(NN1C(=O)/C(=C\c2cccc(F)c2)SC1=S)c1cccs1. The second kappa shape index (κ2) is 6.61. The number of thiophene rings is 1. The molecule has 3 rings (SSSR count). The number of carbonyl (C=O) groups is 2. The standard InChI is InChI=1S/C15H9FN2O2S3/c16-10-4-1-3-9(7-10)8-12-14(20)18(15(21)23-12)17-13(19)11-5-2-6-22-11/h1-8H,(H,17,19)/b12-8+. The minimum atomic E-state index is -0.436. The number of nitrogens with one attached hydrogen (secondary N) is 1. The molecule has 23 heavy (non-hydrogen) atoms. The minimum absolute atomic E-state index is 0.225. The molecular formula is C15H9FN2O2S3. The van der Waals surface area contributed by atoms with Crippen LogP contribution in [0.2, 0.25) is 0 Å². The number of hydrogen-bond donors (Lipinski definition) is 1. The topological polar surface area (TPSA) is 49.4 Å². The van der Waals surface area contributed by atoms with Crippen molar-refractivity contribution >= 4 is 57.5 Å². The summed E-state index contributed by atoms with van der Waals surface area (Å²) in [5.74, 6) is -1.22. The lowest BCUT2D eigenvalue weighted by atomic mass is 10.2. The number of nitrogens with zero attached hydrogens (tertiary/aromatic N) is 1. The molecule has 1 N–H and O–H groups in total. The van der Waals surface area contributed by atoms with Crippen molar-refractivity contribution in [2.24, 2.45) is 0 Å². The molecule has 4 nitrogen and oxygen atoms in total. The summed E-state index contributed by atoms with van der Waals surface area (Å²) in [5, 5.41) is 2.80. The van der Waals surface area contributed by atoms with Gasteiger partial charge in [0.15, 0.2) is 4.32 Å². The number of amides is 2. The maximum absolute atomic E-state index is 13.2. The number of thioether (sulfide) groups is 1. The van der Waals surface area contributed by atoms with E-state index < -0.39 is 11.8 Å². The molecule has 1 aromatic heterocycles. The first-order chi connectivity index (χ1) is 11.0. The summed E-state index contributed by atoms with van der Waals surface area (Å²) in [7, 11) is 0. The normalized spacial score (nSPS) is 16.2. The summed E-state index contributed by atoms with van der Waals surface area (Å²) in [5.41, 5.74) is 3.04. The second-order valence-corrected chi connectivity index (χ2v) is 7.11. The molecule has 1 aliphatic heterocycles. The summed E-state index contributed by atoms with van der Waals surface area (Å²) < 4.78 is 13.4. The van der Waals surface area contributed by atoms with E-state index in [4.69, 9.17) is 12.2 Å². The summed E-state index contributed by atoms with van der Waals surface area (Å²) in [6.07, 6.45) is 1.54. The third-order valence-electron chi connectivity index (χ3n) is 2.90. The molecule has 0 bridgehead atoms. The first-order valence-corrected chi connectivity index (χ1v) is 8.53. The summed E-state index contributed by atoms with van der Waals surface area (Å²) in [4.78, 5) is 25.2. The van der Waals surface area contributed by atoms with Gasteiger partial charge >= 0.3 is 0 Å². The van der Waals surface area contributed by atoms with Crippen LogP contribution in [0.4, 0.5) is 4.39 Å². The number of rotatable bonds is 3. The Labute approximate surface area is 145 Å². The molecule has 0 saturated carbocycles. The van der Waals surface area contributed by atoms with Gasteiger partial charge in [0.25, 0.3) is 11.8 Å². The summed E-state index contributed by atoms with van der Waals surface area (Å²) >= 11 is 7.45. The van der Waals surface area contributed by atoms with Gasteiger partial charge in [-0.15, -0.1) is 11.3 Å². The van der Waals surface area contributed by atoms with Crippen molar-refractivity contribution in [3.8, 4) is 0 Å². The molecule has 2 aromatic rings. The van der Waals surface area contributed by atoms with Crippen molar-refractivity contribution < 1.29 is 14.0 Å². The average molecular weight is 364 g/mol. The molecule has 0 unspecified atom stereocenters. The van der Waals surface area contributed by atoms with E-state index in [1.807, 2.05) is 0 Å². The second-order valence-electron chi connectivity index (χ2n) is 4.49. The zero-order valence-electron chi connectivity index (χ0n) is 11.5. The highest BCUT2D eigenvalue weighted by atomic mass is 32.2. The largest absolute Gasteiger partial charge is 0.285 e. The molecule has 116 valence electrons. The Bertz CT molecular complexity index is 818. The monoisotopic (exact) mass is 364 g/mol. The van der Waals surface area contributed by atoms with Crippen LogP contribution in [0.15, 0.2) is 46.7 Å². The third kappa shape index (κ3) is 3.49. The smallest absolute Gasteiger partial charge is 0.266 e. The summed E-state index contributed by atoms with van der Waals surface area (Å²) in [6.45, 7) is 0. The Balaban J connectivity index is 1.79. The quantitative estimate of drug-likeness (QED) is 0.670. The number of benzene rings is 1. The minimum Gasteiger partial charge on any atom is -0.266 e.